The van der Waals surface area contributed by atoms with Crippen molar-refractivity contribution >= 4 is 23.0 Å². The number of hydrogen-bond acceptors (Lipinski definition) is 7. The van der Waals surface area contributed by atoms with Crippen LogP contribution in [0.5, 0.6) is 17.2 Å². The van der Waals surface area contributed by atoms with Gasteiger partial charge in [-0.05, 0) is 35.7 Å². The number of rotatable bonds is 6. The van der Waals surface area contributed by atoms with Gasteiger partial charge in [0.2, 0.25) is 5.75 Å². The number of thiophene rings is 1. The normalized spacial score (nSPS) is 15.9. The molecule has 3 heterocycles. The van der Waals surface area contributed by atoms with Crippen LogP contribution in [0.3, 0.4) is 0 Å². The molecule has 150 valence electrons. The highest BCUT2D eigenvalue weighted by Gasteiger charge is 2.36. The van der Waals surface area contributed by atoms with E-state index in [1.807, 2.05) is 23.6 Å². The molecule has 1 unspecified atom stereocenters. The van der Waals surface area contributed by atoms with E-state index in [2.05, 4.69) is 5.10 Å². The van der Waals surface area contributed by atoms with Gasteiger partial charge in [-0.1, -0.05) is 6.07 Å². The molecule has 4 rings (SSSR count). The molecule has 0 bridgehead atoms. The lowest BCUT2D eigenvalue weighted by molar-refractivity contribution is 0.0681. The molecule has 1 atom stereocenters. The van der Waals surface area contributed by atoms with Gasteiger partial charge in [0.15, 0.2) is 17.3 Å². The molecule has 0 radical (unpaired) electrons. The lowest BCUT2D eigenvalue weighted by Gasteiger charge is -2.19. The molecule has 0 fully saturated rings. The minimum atomic E-state index is -0.289. The highest BCUT2D eigenvalue weighted by molar-refractivity contribution is 7.10. The summed E-state index contributed by atoms with van der Waals surface area (Å²) in [6, 6.07) is 10.7. The maximum absolute atomic E-state index is 13.0. The molecule has 0 aliphatic carbocycles. The van der Waals surface area contributed by atoms with Gasteiger partial charge in [-0.3, -0.25) is 4.79 Å². The fourth-order valence-electron chi connectivity index (χ4n) is 3.40. The van der Waals surface area contributed by atoms with Crippen molar-refractivity contribution in [3.05, 3.63) is 64.2 Å². The third-order valence-corrected chi connectivity index (χ3v) is 5.71. The van der Waals surface area contributed by atoms with Crippen LogP contribution >= 0.6 is 11.3 Å². The second kappa shape index (κ2) is 8.00. The number of methoxy groups -OCH3 is 3. The van der Waals surface area contributed by atoms with E-state index in [-0.39, 0.29) is 17.7 Å². The highest BCUT2D eigenvalue weighted by Crippen LogP contribution is 2.43. The van der Waals surface area contributed by atoms with Crippen LogP contribution in [0.4, 0.5) is 0 Å². The van der Waals surface area contributed by atoms with Gasteiger partial charge in [0.1, 0.15) is 0 Å². The topological polar surface area (TPSA) is 73.5 Å². The Morgan fingerprint density at radius 2 is 1.93 bits per heavy atom. The van der Waals surface area contributed by atoms with Crippen molar-refractivity contribution in [3.8, 4) is 17.2 Å². The van der Waals surface area contributed by atoms with Crippen molar-refractivity contribution in [1.29, 1.82) is 0 Å². The standard InChI is InChI=1S/C21H20N2O5S/c1-25-16-9-8-13(19(26-2)20(16)27-3)14-12-15(18-7-5-11-29-18)23(22-14)21(24)17-6-4-10-28-17/h4-11,15H,12H2,1-3H3. The number of amides is 1. The molecule has 0 spiro atoms. The molecule has 0 saturated heterocycles. The minimum Gasteiger partial charge on any atom is -0.493 e. The molecule has 3 aromatic rings. The van der Waals surface area contributed by atoms with Crippen molar-refractivity contribution in [2.45, 2.75) is 12.5 Å². The number of furan rings is 1. The molecule has 8 heteroatoms. The third kappa shape index (κ3) is 3.36. The Labute approximate surface area is 172 Å². The summed E-state index contributed by atoms with van der Waals surface area (Å²) in [6.45, 7) is 0. The van der Waals surface area contributed by atoms with E-state index in [0.29, 0.717) is 23.7 Å². The Morgan fingerprint density at radius 3 is 2.55 bits per heavy atom. The van der Waals surface area contributed by atoms with E-state index in [4.69, 9.17) is 18.6 Å². The number of hydrogen-bond donors (Lipinski definition) is 0. The van der Waals surface area contributed by atoms with Crippen molar-refractivity contribution in [2.24, 2.45) is 5.10 Å². The number of carbonyl (C=O) groups excluding carboxylic acids is 1. The predicted octanol–water partition coefficient (Wildman–Crippen LogP) is 4.36. The Balaban J connectivity index is 1.78. The highest BCUT2D eigenvalue weighted by atomic mass is 32.1. The average molecular weight is 412 g/mol. The third-order valence-electron chi connectivity index (χ3n) is 4.74. The summed E-state index contributed by atoms with van der Waals surface area (Å²) in [5.41, 5.74) is 1.47. The van der Waals surface area contributed by atoms with Gasteiger partial charge >= 0.3 is 5.91 Å². The lowest BCUT2D eigenvalue weighted by Crippen LogP contribution is -2.26. The van der Waals surface area contributed by atoms with Crippen molar-refractivity contribution in [3.63, 3.8) is 0 Å². The van der Waals surface area contributed by atoms with Gasteiger partial charge in [0.25, 0.3) is 0 Å². The second-order valence-corrected chi connectivity index (χ2v) is 7.27. The first-order chi connectivity index (χ1) is 14.2. The summed E-state index contributed by atoms with van der Waals surface area (Å²) < 4.78 is 21.8. The molecule has 1 amide bonds. The monoisotopic (exact) mass is 412 g/mol. The zero-order valence-corrected chi connectivity index (χ0v) is 17.1. The van der Waals surface area contributed by atoms with Crippen molar-refractivity contribution in [2.75, 3.05) is 21.3 Å². The first-order valence-electron chi connectivity index (χ1n) is 8.95. The molecular formula is C21H20N2O5S. The largest absolute Gasteiger partial charge is 0.493 e. The average Bonchev–Trinajstić information content (AvgIpc) is 3.52. The van der Waals surface area contributed by atoms with Gasteiger partial charge in [-0.2, -0.15) is 5.10 Å². The van der Waals surface area contributed by atoms with Crippen LogP contribution in [0.2, 0.25) is 0 Å². The van der Waals surface area contributed by atoms with Gasteiger partial charge in [-0.15, -0.1) is 11.3 Å². The zero-order valence-electron chi connectivity index (χ0n) is 16.2. The first-order valence-corrected chi connectivity index (χ1v) is 9.83. The SMILES string of the molecule is COc1ccc(C2=NN(C(=O)c3ccco3)C(c3cccs3)C2)c(OC)c1OC. The van der Waals surface area contributed by atoms with E-state index in [1.54, 1.807) is 50.9 Å². The molecule has 2 aromatic heterocycles. The number of nitrogens with zero attached hydrogens (tertiary/aromatic N) is 2. The fourth-order valence-corrected chi connectivity index (χ4v) is 4.22. The Hall–Kier alpha value is -3.26. The predicted molar refractivity (Wildman–Crippen MR) is 109 cm³/mol. The van der Waals surface area contributed by atoms with Crippen LogP contribution in [0, 0.1) is 0 Å². The van der Waals surface area contributed by atoms with Crippen LogP contribution in [-0.2, 0) is 0 Å². The van der Waals surface area contributed by atoms with E-state index in [0.717, 1.165) is 16.2 Å². The summed E-state index contributed by atoms with van der Waals surface area (Å²) in [5.74, 6) is 1.52. The minimum absolute atomic E-state index is 0.222. The summed E-state index contributed by atoms with van der Waals surface area (Å²) in [4.78, 5) is 14.1. The second-order valence-electron chi connectivity index (χ2n) is 6.29. The summed E-state index contributed by atoms with van der Waals surface area (Å²) in [6.07, 6.45) is 2.02. The first kappa shape index (κ1) is 19.1. The van der Waals surface area contributed by atoms with Gasteiger partial charge < -0.3 is 18.6 Å². The molecule has 0 N–H and O–H groups in total. The Bertz CT molecular complexity index is 1030. The maximum atomic E-state index is 13.0. The molecule has 1 aromatic carbocycles. The number of hydrazone groups is 1. The van der Waals surface area contributed by atoms with Crippen LogP contribution in [0.15, 0.2) is 57.6 Å². The smallest absolute Gasteiger partial charge is 0.310 e. The Kier molecular flexibility index (Phi) is 5.26. The van der Waals surface area contributed by atoms with Gasteiger partial charge in [0.05, 0.1) is 39.3 Å². The van der Waals surface area contributed by atoms with E-state index < -0.39 is 0 Å². The summed E-state index contributed by atoms with van der Waals surface area (Å²) in [5, 5.41) is 8.13. The van der Waals surface area contributed by atoms with Crippen LogP contribution in [0.25, 0.3) is 0 Å². The quantitative estimate of drug-likeness (QED) is 0.602. The number of ether oxygens (including phenoxy) is 3. The number of carbonyl (C=O) groups is 1. The van der Waals surface area contributed by atoms with Crippen molar-refractivity contribution in [1.82, 2.24) is 5.01 Å². The number of benzene rings is 1. The summed E-state index contributed by atoms with van der Waals surface area (Å²) in [7, 11) is 4.70. The molecule has 1 aliphatic rings. The van der Waals surface area contributed by atoms with Crippen molar-refractivity contribution < 1.29 is 23.4 Å². The van der Waals surface area contributed by atoms with Gasteiger partial charge in [0, 0.05) is 16.9 Å². The summed E-state index contributed by atoms with van der Waals surface area (Å²) >= 11 is 1.59. The molecular weight excluding hydrogens is 392 g/mol. The van der Waals surface area contributed by atoms with E-state index in [9.17, 15) is 4.79 Å². The van der Waals surface area contributed by atoms with Crippen LogP contribution < -0.4 is 14.2 Å². The van der Waals surface area contributed by atoms with Crippen LogP contribution in [0.1, 0.15) is 33.5 Å². The molecule has 29 heavy (non-hydrogen) atoms. The van der Waals surface area contributed by atoms with E-state index in [1.165, 1.54) is 11.3 Å². The fraction of sp³-hybridized carbons (Fsp3) is 0.238. The van der Waals surface area contributed by atoms with E-state index >= 15 is 0 Å². The van der Waals surface area contributed by atoms with Crippen LogP contribution in [-0.4, -0.2) is 38.0 Å². The van der Waals surface area contributed by atoms with Gasteiger partial charge in [-0.25, -0.2) is 5.01 Å². The zero-order chi connectivity index (χ0) is 20.4. The molecule has 7 nitrogen and oxygen atoms in total. The molecule has 1 aliphatic heterocycles. The molecule has 0 saturated carbocycles. The Morgan fingerprint density at radius 1 is 1.10 bits per heavy atom. The lowest BCUT2D eigenvalue weighted by atomic mass is 10.0. The maximum Gasteiger partial charge on any atom is 0.310 e.